The average Bonchev–Trinajstić information content (AvgIpc) is 2.46. The monoisotopic (exact) mass is 280 g/mol. The highest BCUT2D eigenvalue weighted by Gasteiger charge is 2.10. The molecule has 0 spiro atoms. The lowest BCUT2D eigenvalue weighted by molar-refractivity contribution is -0.116. The third-order valence-electron chi connectivity index (χ3n) is 3.03. The second kappa shape index (κ2) is 6.44. The van der Waals surface area contributed by atoms with Gasteiger partial charge in [0.25, 0.3) is 0 Å². The van der Waals surface area contributed by atoms with Gasteiger partial charge in [0.1, 0.15) is 0 Å². The van der Waals surface area contributed by atoms with Crippen LogP contribution in [0.15, 0.2) is 48.5 Å². The number of anilines is 2. The third kappa shape index (κ3) is 3.98. The topological polar surface area (TPSA) is 96.1 Å². The Morgan fingerprint density at radius 1 is 1.19 bits per heavy atom. The summed E-state index contributed by atoms with van der Waals surface area (Å²) < 4.78 is 0. The van der Waals surface area contributed by atoms with Gasteiger partial charge in [0, 0.05) is 17.9 Å². The number of hydrogen-bond donors (Lipinski definition) is 2. The standard InChI is InChI=1S/C16H16N4O/c17-9-12-4-6-15(7-5-12)20(11-16(19)21)10-13-2-1-3-14(18)8-13/h1-8H,10-11,18H2,(H2,19,21). The maximum absolute atomic E-state index is 11.3. The van der Waals surface area contributed by atoms with E-state index in [0.717, 1.165) is 11.3 Å². The van der Waals surface area contributed by atoms with Crippen molar-refractivity contribution in [2.75, 3.05) is 17.2 Å². The summed E-state index contributed by atoms with van der Waals surface area (Å²) in [6, 6.07) is 16.6. The lowest BCUT2D eigenvalue weighted by atomic mass is 10.1. The van der Waals surface area contributed by atoms with Gasteiger partial charge < -0.3 is 16.4 Å². The number of nitrogen functional groups attached to an aromatic ring is 1. The Labute approximate surface area is 123 Å². The number of nitrogens with zero attached hydrogens (tertiary/aromatic N) is 2. The summed E-state index contributed by atoms with van der Waals surface area (Å²) in [5.41, 5.74) is 14.1. The Morgan fingerprint density at radius 3 is 2.48 bits per heavy atom. The van der Waals surface area contributed by atoms with Crippen molar-refractivity contribution in [3.63, 3.8) is 0 Å². The Balaban J connectivity index is 2.25. The van der Waals surface area contributed by atoms with Crippen LogP contribution in [0.3, 0.4) is 0 Å². The largest absolute Gasteiger partial charge is 0.399 e. The Hall–Kier alpha value is -3.00. The van der Waals surface area contributed by atoms with Crippen LogP contribution in [0.25, 0.3) is 0 Å². The van der Waals surface area contributed by atoms with Crippen LogP contribution < -0.4 is 16.4 Å². The molecule has 0 saturated heterocycles. The van der Waals surface area contributed by atoms with E-state index in [2.05, 4.69) is 6.07 Å². The highest BCUT2D eigenvalue weighted by atomic mass is 16.1. The lowest BCUT2D eigenvalue weighted by Crippen LogP contribution is -2.33. The summed E-state index contributed by atoms with van der Waals surface area (Å²) in [5, 5.41) is 8.83. The highest BCUT2D eigenvalue weighted by molar-refractivity contribution is 5.79. The van der Waals surface area contributed by atoms with Crippen molar-refractivity contribution in [3.8, 4) is 6.07 Å². The Kier molecular flexibility index (Phi) is 4.42. The van der Waals surface area contributed by atoms with Crippen molar-refractivity contribution >= 4 is 17.3 Å². The number of amides is 1. The van der Waals surface area contributed by atoms with E-state index in [1.807, 2.05) is 29.2 Å². The lowest BCUT2D eigenvalue weighted by Gasteiger charge is -2.23. The predicted octanol–water partition coefficient (Wildman–Crippen LogP) is 1.63. The van der Waals surface area contributed by atoms with Gasteiger partial charge in [0.05, 0.1) is 18.2 Å². The molecule has 2 aromatic rings. The first-order valence-corrected chi connectivity index (χ1v) is 6.46. The van der Waals surface area contributed by atoms with E-state index in [-0.39, 0.29) is 6.54 Å². The first-order valence-electron chi connectivity index (χ1n) is 6.46. The molecule has 0 unspecified atom stereocenters. The third-order valence-corrected chi connectivity index (χ3v) is 3.03. The molecule has 106 valence electrons. The molecule has 1 amide bonds. The molecule has 21 heavy (non-hydrogen) atoms. The number of hydrogen-bond acceptors (Lipinski definition) is 4. The van der Waals surface area contributed by atoms with Gasteiger partial charge in [-0.05, 0) is 42.0 Å². The van der Waals surface area contributed by atoms with Gasteiger partial charge in [-0.3, -0.25) is 4.79 Å². The number of carbonyl (C=O) groups is 1. The number of nitrogens with two attached hydrogens (primary N) is 2. The molecule has 5 heteroatoms. The van der Waals surface area contributed by atoms with E-state index >= 15 is 0 Å². The number of carbonyl (C=O) groups excluding carboxylic acids is 1. The van der Waals surface area contributed by atoms with Gasteiger partial charge in [-0.2, -0.15) is 5.26 Å². The molecule has 0 radical (unpaired) electrons. The smallest absolute Gasteiger partial charge is 0.236 e. The van der Waals surface area contributed by atoms with Crippen LogP contribution in [-0.4, -0.2) is 12.5 Å². The van der Waals surface area contributed by atoms with E-state index < -0.39 is 5.91 Å². The zero-order chi connectivity index (χ0) is 15.2. The molecular weight excluding hydrogens is 264 g/mol. The molecule has 0 heterocycles. The van der Waals surface area contributed by atoms with Gasteiger partial charge in [-0.25, -0.2) is 0 Å². The summed E-state index contributed by atoms with van der Waals surface area (Å²) in [6.45, 7) is 0.612. The van der Waals surface area contributed by atoms with Crippen LogP contribution in [0.4, 0.5) is 11.4 Å². The molecule has 4 N–H and O–H groups in total. The van der Waals surface area contributed by atoms with Gasteiger partial charge in [0.15, 0.2) is 0 Å². The van der Waals surface area contributed by atoms with Gasteiger partial charge in [-0.15, -0.1) is 0 Å². The van der Waals surface area contributed by atoms with Crippen LogP contribution in [0, 0.1) is 11.3 Å². The fourth-order valence-electron chi connectivity index (χ4n) is 2.09. The second-order valence-corrected chi connectivity index (χ2v) is 4.73. The summed E-state index contributed by atoms with van der Waals surface area (Å²) in [6.07, 6.45) is 0. The fraction of sp³-hybridized carbons (Fsp3) is 0.125. The highest BCUT2D eigenvalue weighted by Crippen LogP contribution is 2.18. The molecule has 0 saturated carbocycles. The molecule has 0 aliphatic rings. The zero-order valence-electron chi connectivity index (χ0n) is 11.5. The van der Waals surface area contributed by atoms with Gasteiger partial charge in [0.2, 0.25) is 5.91 Å². The van der Waals surface area contributed by atoms with Crippen LogP contribution in [-0.2, 0) is 11.3 Å². The van der Waals surface area contributed by atoms with E-state index in [4.69, 9.17) is 16.7 Å². The number of primary amides is 1. The average molecular weight is 280 g/mol. The summed E-state index contributed by atoms with van der Waals surface area (Å²) in [4.78, 5) is 13.1. The van der Waals surface area contributed by atoms with Crippen molar-refractivity contribution in [2.24, 2.45) is 5.73 Å². The van der Waals surface area contributed by atoms with Crippen molar-refractivity contribution in [2.45, 2.75) is 6.54 Å². The summed E-state index contributed by atoms with van der Waals surface area (Å²) >= 11 is 0. The molecular formula is C16H16N4O. The first-order chi connectivity index (χ1) is 10.1. The van der Waals surface area contributed by atoms with Crippen LogP contribution in [0.2, 0.25) is 0 Å². The van der Waals surface area contributed by atoms with E-state index in [9.17, 15) is 4.79 Å². The van der Waals surface area contributed by atoms with Crippen molar-refractivity contribution in [1.29, 1.82) is 5.26 Å². The molecule has 0 atom stereocenters. The second-order valence-electron chi connectivity index (χ2n) is 4.73. The van der Waals surface area contributed by atoms with Crippen molar-refractivity contribution < 1.29 is 4.79 Å². The molecule has 2 rings (SSSR count). The minimum atomic E-state index is -0.414. The van der Waals surface area contributed by atoms with E-state index in [1.165, 1.54) is 0 Å². The SMILES string of the molecule is N#Cc1ccc(N(CC(N)=O)Cc2cccc(N)c2)cc1. The first kappa shape index (κ1) is 14.4. The molecule has 5 nitrogen and oxygen atoms in total. The van der Waals surface area contributed by atoms with Gasteiger partial charge >= 0.3 is 0 Å². The molecule has 0 aliphatic carbocycles. The zero-order valence-corrected chi connectivity index (χ0v) is 11.5. The predicted molar refractivity (Wildman–Crippen MR) is 82.3 cm³/mol. The van der Waals surface area contributed by atoms with E-state index in [0.29, 0.717) is 17.8 Å². The van der Waals surface area contributed by atoms with Gasteiger partial charge in [-0.1, -0.05) is 12.1 Å². The van der Waals surface area contributed by atoms with Crippen molar-refractivity contribution in [1.82, 2.24) is 0 Å². The van der Waals surface area contributed by atoms with E-state index in [1.54, 1.807) is 24.3 Å². The minimum absolute atomic E-state index is 0.0979. The maximum atomic E-state index is 11.3. The molecule has 2 aromatic carbocycles. The van der Waals surface area contributed by atoms with Crippen molar-refractivity contribution in [3.05, 3.63) is 59.7 Å². The fourth-order valence-corrected chi connectivity index (χ4v) is 2.09. The van der Waals surface area contributed by atoms with Crippen LogP contribution in [0.5, 0.6) is 0 Å². The summed E-state index contributed by atoms with van der Waals surface area (Å²) in [5.74, 6) is -0.414. The molecule has 0 fully saturated rings. The maximum Gasteiger partial charge on any atom is 0.236 e. The molecule has 0 aromatic heterocycles. The number of benzene rings is 2. The van der Waals surface area contributed by atoms with Crippen LogP contribution >= 0.6 is 0 Å². The normalized spacial score (nSPS) is 9.86. The quantitative estimate of drug-likeness (QED) is 0.813. The number of nitriles is 1. The molecule has 0 bridgehead atoms. The minimum Gasteiger partial charge on any atom is -0.399 e. The Bertz CT molecular complexity index is 673. The van der Waals surface area contributed by atoms with Crippen LogP contribution in [0.1, 0.15) is 11.1 Å². The number of rotatable bonds is 5. The summed E-state index contributed by atoms with van der Waals surface area (Å²) in [7, 11) is 0. The Morgan fingerprint density at radius 2 is 1.90 bits per heavy atom. The molecule has 0 aliphatic heterocycles.